The summed E-state index contributed by atoms with van der Waals surface area (Å²) in [5.74, 6) is 1.27. The maximum atomic E-state index is 12.3. The molecule has 0 radical (unpaired) electrons. The standard InChI is InChI=1S/C18H22N6O2S/c1-11-6-7-12(2)14(8-11)19-15(25)10-27-18-21-20-16(24(18)4)13-9-23(3)22-17(13)26-5/h6-9H,10H2,1-5H3,(H,19,25). The number of carbonyl (C=O) groups excluding carboxylic acids is 1. The number of benzene rings is 1. The molecule has 27 heavy (non-hydrogen) atoms. The van der Waals surface area contributed by atoms with E-state index in [0.29, 0.717) is 16.9 Å². The molecule has 3 aromatic rings. The summed E-state index contributed by atoms with van der Waals surface area (Å²) >= 11 is 1.33. The predicted octanol–water partition coefficient (Wildman–Crippen LogP) is 2.57. The van der Waals surface area contributed by atoms with Crippen molar-refractivity contribution in [2.45, 2.75) is 19.0 Å². The second kappa shape index (κ2) is 7.83. The van der Waals surface area contributed by atoms with E-state index in [-0.39, 0.29) is 11.7 Å². The van der Waals surface area contributed by atoms with Crippen LogP contribution in [0.25, 0.3) is 11.4 Å². The van der Waals surface area contributed by atoms with Crippen LogP contribution in [0.15, 0.2) is 29.6 Å². The first kappa shape index (κ1) is 19.0. The molecule has 0 atom stereocenters. The average Bonchev–Trinajstić information content (AvgIpc) is 3.18. The van der Waals surface area contributed by atoms with E-state index in [9.17, 15) is 4.79 Å². The zero-order chi connectivity index (χ0) is 19.6. The molecule has 0 aliphatic carbocycles. The summed E-state index contributed by atoms with van der Waals surface area (Å²) < 4.78 is 8.78. The fourth-order valence-electron chi connectivity index (χ4n) is 2.63. The molecular weight excluding hydrogens is 364 g/mol. The second-order valence-electron chi connectivity index (χ2n) is 6.25. The lowest BCUT2D eigenvalue weighted by molar-refractivity contribution is -0.113. The van der Waals surface area contributed by atoms with Crippen LogP contribution in [0.4, 0.5) is 5.69 Å². The Morgan fingerprint density at radius 3 is 2.78 bits per heavy atom. The number of anilines is 1. The van der Waals surface area contributed by atoms with Crippen molar-refractivity contribution in [1.29, 1.82) is 0 Å². The van der Waals surface area contributed by atoms with E-state index in [4.69, 9.17) is 4.74 Å². The van der Waals surface area contributed by atoms with Gasteiger partial charge in [0.25, 0.3) is 0 Å². The smallest absolute Gasteiger partial charge is 0.243 e. The predicted molar refractivity (Wildman–Crippen MR) is 105 cm³/mol. The number of aryl methyl sites for hydroxylation is 3. The molecule has 3 rings (SSSR count). The van der Waals surface area contributed by atoms with Gasteiger partial charge in [-0.05, 0) is 31.0 Å². The van der Waals surface area contributed by atoms with Crippen LogP contribution < -0.4 is 10.1 Å². The van der Waals surface area contributed by atoms with Crippen LogP contribution in [0.2, 0.25) is 0 Å². The Morgan fingerprint density at radius 2 is 2.04 bits per heavy atom. The molecule has 0 unspecified atom stereocenters. The first-order chi connectivity index (χ1) is 12.9. The minimum atomic E-state index is -0.0859. The largest absolute Gasteiger partial charge is 0.479 e. The normalized spacial score (nSPS) is 10.9. The van der Waals surface area contributed by atoms with Crippen LogP contribution in [-0.2, 0) is 18.9 Å². The monoisotopic (exact) mass is 386 g/mol. The molecule has 0 spiro atoms. The van der Waals surface area contributed by atoms with Gasteiger partial charge in [0, 0.05) is 26.0 Å². The molecule has 142 valence electrons. The van der Waals surface area contributed by atoms with E-state index in [1.807, 2.05) is 56.9 Å². The van der Waals surface area contributed by atoms with Gasteiger partial charge < -0.3 is 14.6 Å². The van der Waals surface area contributed by atoms with E-state index < -0.39 is 0 Å². The van der Waals surface area contributed by atoms with Crippen molar-refractivity contribution >= 4 is 23.4 Å². The number of ether oxygens (including phenoxy) is 1. The number of hydrogen-bond donors (Lipinski definition) is 1. The van der Waals surface area contributed by atoms with Gasteiger partial charge in [-0.3, -0.25) is 9.48 Å². The highest BCUT2D eigenvalue weighted by atomic mass is 32.2. The third-order valence-electron chi connectivity index (χ3n) is 4.06. The number of aromatic nitrogens is 5. The number of nitrogens with zero attached hydrogens (tertiary/aromatic N) is 5. The summed E-state index contributed by atoms with van der Waals surface area (Å²) in [5.41, 5.74) is 3.72. The quantitative estimate of drug-likeness (QED) is 0.655. The third kappa shape index (κ3) is 4.13. The molecule has 1 N–H and O–H groups in total. The minimum Gasteiger partial charge on any atom is -0.479 e. The molecule has 0 aliphatic rings. The Morgan fingerprint density at radius 1 is 1.26 bits per heavy atom. The zero-order valence-corrected chi connectivity index (χ0v) is 16.8. The van der Waals surface area contributed by atoms with Crippen LogP contribution in [0.5, 0.6) is 5.88 Å². The van der Waals surface area contributed by atoms with Crippen LogP contribution in [0.1, 0.15) is 11.1 Å². The number of thioether (sulfide) groups is 1. The van der Waals surface area contributed by atoms with Gasteiger partial charge >= 0.3 is 0 Å². The van der Waals surface area contributed by atoms with Gasteiger partial charge in [0.15, 0.2) is 11.0 Å². The Balaban J connectivity index is 1.69. The van der Waals surface area contributed by atoms with Gasteiger partial charge in [0.05, 0.1) is 12.9 Å². The van der Waals surface area contributed by atoms with E-state index in [1.165, 1.54) is 11.8 Å². The topological polar surface area (TPSA) is 86.9 Å². The van der Waals surface area contributed by atoms with Gasteiger partial charge in [-0.2, -0.15) is 0 Å². The summed E-state index contributed by atoms with van der Waals surface area (Å²) in [6.45, 7) is 3.97. The van der Waals surface area contributed by atoms with Crippen molar-refractivity contribution in [3.8, 4) is 17.3 Å². The summed E-state index contributed by atoms with van der Waals surface area (Å²) in [7, 11) is 5.23. The maximum Gasteiger partial charge on any atom is 0.243 e. The summed E-state index contributed by atoms with van der Waals surface area (Å²) in [6.07, 6.45) is 1.82. The molecular formula is C18H22N6O2S. The highest BCUT2D eigenvalue weighted by molar-refractivity contribution is 7.99. The molecule has 2 heterocycles. The summed E-state index contributed by atoms with van der Waals surface area (Å²) in [5, 5.41) is 16.2. The number of amides is 1. The van der Waals surface area contributed by atoms with Crippen molar-refractivity contribution in [1.82, 2.24) is 24.5 Å². The minimum absolute atomic E-state index is 0.0859. The van der Waals surface area contributed by atoms with Crippen LogP contribution in [0.3, 0.4) is 0 Å². The van der Waals surface area contributed by atoms with E-state index >= 15 is 0 Å². The SMILES string of the molecule is COc1nn(C)cc1-c1nnc(SCC(=O)Nc2cc(C)ccc2C)n1C. The van der Waals surface area contributed by atoms with Crippen molar-refractivity contribution in [2.24, 2.45) is 14.1 Å². The third-order valence-corrected chi connectivity index (χ3v) is 5.08. The van der Waals surface area contributed by atoms with E-state index in [2.05, 4.69) is 20.6 Å². The Labute approximate surface area is 161 Å². The number of methoxy groups -OCH3 is 1. The summed E-state index contributed by atoms with van der Waals surface area (Å²) in [6, 6.07) is 5.98. The van der Waals surface area contributed by atoms with Crippen LogP contribution >= 0.6 is 11.8 Å². The van der Waals surface area contributed by atoms with E-state index in [1.54, 1.807) is 11.8 Å². The molecule has 0 bridgehead atoms. The molecule has 0 fully saturated rings. The number of hydrogen-bond acceptors (Lipinski definition) is 6. The van der Waals surface area contributed by atoms with Gasteiger partial charge in [-0.1, -0.05) is 23.9 Å². The van der Waals surface area contributed by atoms with Crippen molar-refractivity contribution in [3.63, 3.8) is 0 Å². The molecule has 9 heteroatoms. The molecule has 8 nitrogen and oxygen atoms in total. The number of carbonyl (C=O) groups is 1. The average molecular weight is 386 g/mol. The highest BCUT2D eigenvalue weighted by Crippen LogP contribution is 2.29. The first-order valence-corrected chi connectivity index (χ1v) is 9.35. The Kier molecular flexibility index (Phi) is 5.50. The Hall–Kier alpha value is -2.81. The molecule has 0 aliphatic heterocycles. The first-order valence-electron chi connectivity index (χ1n) is 8.36. The van der Waals surface area contributed by atoms with Gasteiger partial charge in [-0.15, -0.1) is 15.3 Å². The fourth-order valence-corrected chi connectivity index (χ4v) is 3.35. The van der Waals surface area contributed by atoms with Gasteiger partial charge in [-0.25, -0.2) is 0 Å². The summed E-state index contributed by atoms with van der Waals surface area (Å²) in [4.78, 5) is 12.3. The van der Waals surface area contributed by atoms with E-state index in [0.717, 1.165) is 22.4 Å². The molecule has 0 saturated heterocycles. The van der Waals surface area contributed by atoms with Crippen LogP contribution in [0, 0.1) is 13.8 Å². The molecule has 0 saturated carbocycles. The van der Waals surface area contributed by atoms with Crippen LogP contribution in [-0.4, -0.2) is 43.3 Å². The molecule has 1 aromatic carbocycles. The van der Waals surface area contributed by atoms with Crippen molar-refractivity contribution < 1.29 is 9.53 Å². The number of rotatable bonds is 6. The molecule has 1 amide bonds. The zero-order valence-electron chi connectivity index (χ0n) is 16.0. The lowest BCUT2D eigenvalue weighted by Gasteiger charge is -2.09. The van der Waals surface area contributed by atoms with Gasteiger partial charge in [0.1, 0.15) is 5.56 Å². The van der Waals surface area contributed by atoms with Crippen molar-refractivity contribution in [3.05, 3.63) is 35.5 Å². The molecule has 2 aromatic heterocycles. The lowest BCUT2D eigenvalue weighted by atomic mass is 10.1. The van der Waals surface area contributed by atoms with Gasteiger partial charge in [0.2, 0.25) is 11.8 Å². The second-order valence-corrected chi connectivity index (χ2v) is 7.19. The lowest BCUT2D eigenvalue weighted by Crippen LogP contribution is -2.15. The van der Waals surface area contributed by atoms with Crippen molar-refractivity contribution in [2.75, 3.05) is 18.2 Å². The maximum absolute atomic E-state index is 12.3. The number of nitrogens with one attached hydrogen (secondary N) is 1. The fraction of sp³-hybridized carbons (Fsp3) is 0.333. The highest BCUT2D eigenvalue weighted by Gasteiger charge is 2.19. The Bertz CT molecular complexity index is 978.